The summed E-state index contributed by atoms with van der Waals surface area (Å²) < 4.78 is 1.85. The molecular weight excluding hydrogens is 375 g/mol. The van der Waals surface area contributed by atoms with Crippen molar-refractivity contribution < 1.29 is 0 Å². The molecule has 0 saturated carbocycles. The van der Waals surface area contributed by atoms with E-state index in [0.717, 1.165) is 16.8 Å². The highest BCUT2D eigenvalue weighted by Gasteiger charge is 2.26. The van der Waals surface area contributed by atoms with Crippen LogP contribution in [0.3, 0.4) is 0 Å². The van der Waals surface area contributed by atoms with E-state index in [1.54, 1.807) is 6.07 Å². The van der Waals surface area contributed by atoms with Crippen LogP contribution >= 0.6 is 35.0 Å². The maximum Gasteiger partial charge on any atom is 0.227 e. The number of fused-ring (bicyclic) bond motifs is 1. The Morgan fingerprint density at radius 1 is 1.12 bits per heavy atom. The fraction of sp³-hybridized carbons (Fsp3) is 0.111. The monoisotopic (exact) mass is 388 g/mol. The van der Waals surface area contributed by atoms with Gasteiger partial charge >= 0.3 is 0 Å². The van der Waals surface area contributed by atoms with Crippen LogP contribution in [0.25, 0.3) is 5.70 Å². The van der Waals surface area contributed by atoms with Gasteiger partial charge in [0.15, 0.2) is 0 Å². The lowest BCUT2D eigenvalue weighted by atomic mass is 10.0. The Labute approximate surface area is 159 Å². The zero-order chi connectivity index (χ0) is 17.4. The summed E-state index contributed by atoms with van der Waals surface area (Å²) in [5.74, 6) is 0.696. The van der Waals surface area contributed by atoms with Gasteiger partial charge in [-0.05, 0) is 35.6 Å². The number of allylic oxidation sites excluding steroid dienone is 1. The van der Waals surface area contributed by atoms with Gasteiger partial charge in [-0.2, -0.15) is 4.98 Å². The fourth-order valence-electron chi connectivity index (χ4n) is 2.81. The first-order valence-electron chi connectivity index (χ1n) is 7.65. The fourth-order valence-corrected chi connectivity index (χ4v) is 3.68. The summed E-state index contributed by atoms with van der Waals surface area (Å²) in [6.45, 7) is 0. The van der Waals surface area contributed by atoms with E-state index in [0.29, 0.717) is 21.2 Å². The molecule has 1 aliphatic heterocycles. The second kappa shape index (κ2) is 6.75. The normalized spacial score (nSPS) is 16.1. The number of benzene rings is 2. The summed E-state index contributed by atoms with van der Waals surface area (Å²) in [5, 5.41) is 9.88. The lowest BCUT2D eigenvalue weighted by Gasteiger charge is -2.25. The highest BCUT2D eigenvalue weighted by molar-refractivity contribution is 7.98. The summed E-state index contributed by atoms with van der Waals surface area (Å²) >= 11 is 14.0. The quantitative estimate of drug-likeness (QED) is 0.612. The van der Waals surface area contributed by atoms with Crippen molar-refractivity contribution in [3.8, 4) is 0 Å². The third kappa shape index (κ3) is 3.15. The standard InChI is InChI=1S/C18H14Cl2N4S/c1-25-18-22-17-21-15(11-5-3-2-4-6-11)10-16(24(17)23-18)13-8-7-12(19)9-14(13)20/h2-10,16H,1H3,(H,21,22,23). The van der Waals surface area contributed by atoms with Crippen molar-refractivity contribution in [1.29, 1.82) is 0 Å². The Hall–Kier alpha value is -1.95. The van der Waals surface area contributed by atoms with Crippen molar-refractivity contribution >= 4 is 46.6 Å². The summed E-state index contributed by atoms with van der Waals surface area (Å²) in [7, 11) is 0. The van der Waals surface area contributed by atoms with Crippen molar-refractivity contribution in [1.82, 2.24) is 14.8 Å². The van der Waals surface area contributed by atoms with Crippen LogP contribution in [-0.2, 0) is 0 Å². The molecule has 0 saturated heterocycles. The van der Waals surface area contributed by atoms with Gasteiger partial charge in [-0.1, -0.05) is 71.4 Å². The first-order chi connectivity index (χ1) is 12.2. The van der Waals surface area contributed by atoms with Crippen LogP contribution in [-0.4, -0.2) is 21.0 Å². The molecule has 0 amide bonds. The van der Waals surface area contributed by atoms with Gasteiger partial charge in [0.05, 0.1) is 0 Å². The highest BCUT2D eigenvalue weighted by atomic mass is 35.5. The molecule has 1 atom stereocenters. The predicted octanol–water partition coefficient (Wildman–Crippen LogP) is 5.36. The predicted molar refractivity (Wildman–Crippen MR) is 104 cm³/mol. The molecule has 0 spiro atoms. The number of nitrogens with zero attached hydrogens (tertiary/aromatic N) is 3. The van der Waals surface area contributed by atoms with Crippen LogP contribution in [0.1, 0.15) is 17.2 Å². The molecule has 1 N–H and O–H groups in total. The van der Waals surface area contributed by atoms with E-state index in [-0.39, 0.29) is 6.04 Å². The van der Waals surface area contributed by atoms with Crippen LogP contribution in [0.5, 0.6) is 0 Å². The molecule has 3 aromatic rings. The first kappa shape index (κ1) is 16.5. The van der Waals surface area contributed by atoms with Crippen LogP contribution in [0.15, 0.2) is 59.8 Å². The van der Waals surface area contributed by atoms with Crippen molar-refractivity contribution in [2.24, 2.45) is 0 Å². The van der Waals surface area contributed by atoms with Gasteiger partial charge in [-0.15, -0.1) is 5.10 Å². The molecule has 1 unspecified atom stereocenters. The SMILES string of the molecule is CSc1nc2n(n1)C(c1ccc(Cl)cc1Cl)C=C(c1ccccc1)N2. The van der Waals surface area contributed by atoms with Crippen molar-refractivity contribution in [3.63, 3.8) is 0 Å². The molecule has 0 fully saturated rings. The first-order valence-corrected chi connectivity index (χ1v) is 9.63. The van der Waals surface area contributed by atoms with Gasteiger partial charge in [0.25, 0.3) is 0 Å². The third-order valence-corrected chi connectivity index (χ3v) is 5.10. The van der Waals surface area contributed by atoms with Crippen molar-refractivity contribution in [3.05, 3.63) is 75.8 Å². The summed E-state index contributed by atoms with van der Waals surface area (Å²) in [5.41, 5.74) is 2.99. The summed E-state index contributed by atoms with van der Waals surface area (Å²) in [4.78, 5) is 4.56. The van der Waals surface area contributed by atoms with Crippen molar-refractivity contribution in [2.75, 3.05) is 11.6 Å². The Bertz CT molecular complexity index is 953. The number of thioether (sulfide) groups is 1. The topological polar surface area (TPSA) is 42.7 Å². The summed E-state index contributed by atoms with van der Waals surface area (Å²) in [6, 6.07) is 15.5. The average Bonchev–Trinajstić information content (AvgIpc) is 3.05. The maximum absolute atomic E-state index is 6.46. The van der Waals surface area contributed by atoms with Crippen LogP contribution < -0.4 is 5.32 Å². The minimum atomic E-state index is -0.162. The second-order valence-electron chi connectivity index (χ2n) is 5.55. The van der Waals surface area contributed by atoms with Gasteiger partial charge < -0.3 is 5.32 Å². The van der Waals surface area contributed by atoms with E-state index in [1.807, 2.05) is 41.3 Å². The molecule has 25 heavy (non-hydrogen) atoms. The number of aromatic nitrogens is 3. The Kier molecular flexibility index (Phi) is 4.46. The molecule has 0 radical (unpaired) electrons. The van der Waals surface area contributed by atoms with Gasteiger partial charge in [0, 0.05) is 15.7 Å². The number of anilines is 1. The zero-order valence-electron chi connectivity index (χ0n) is 13.3. The highest BCUT2D eigenvalue weighted by Crippen LogP contribution is 2.36. The van der Waals surface area contributed by atoms with Crippen LogP contribution in [0, 0.1) is 0 Å². The van der Waals surface area contributed by atoms with Gasteiger partial charge in [-0.3, -0.25) is 0 Å². The lowest BCUT2D eigenvalue weighted by molar-refractivity contribution is 0.598. The number of nitrogens with one attached hydrogen (secondary N) is 1. The van der Waals surface area contributed by atoms with Crippen molar-refractivity contribution in [2.45, 2.75) is 11.2 Å². The Morgan fingerprint density at radius 3 is 2.64 bits per heavy atom. The molecule has 2 aromatic carbocycles. The Morgan fingerprint density at radius 2 is 1.92 bits per heavy atom. The minimum Gasteiger partial charge on any atom is -0.324 e. The van der Waals surface area contributed by atoms with E-state index in [1.165, 1.54) is 11.8 Å². The van der Waals surface area contributed by atoms with Gasteiger partial charge in [0.2, 0.25) is 11.1 Å². The molecule has 0 bridgehead atoms. The molecule has 4 rings (SSSR count). The van der Waals surface area contributed by atoms with Gasteiger partial charge in [0.1, 0.15) is 6.04 Å². The number of rotatable bonds is 3. The van der Waals surface area contributed by atoms with E-state index in [2.05, 4.69) is 33.6 Å². The molecule has 1 aromatic heterocycles. The van der Waals surface area contributed by atoms with E-state index in [9.17, 15) is 0 Å². The van der Waals surface area contributed by atoms with Crippen LogP contribution in [0.2, 0.25) is 10.0 Å². The number of hydrogen-bond donors (Lipinski definition) is 1. The molecule has 1 aliphatic rings. The van der Waals surface area contributed by atoms with Crippen LogP contribution in [0.4, 0.5) is 5.95 Å². The van der Waals surface area contributed by atoms with E-state index >= 15 is 0 Å². The zero-order valence-corrected chi connectivity index (χ0v) is 15.6. The molecule has 4 nitrogen and oxygen atoms in total. The van der Waals surface area contributed by atoms with Gasteiger partial charge in [-0.25, -0.2) is 4.68 Å². The number of hydrogen-bond acceptors (Lipinski definition) is 4. The maximum atomic E-state index is 6.46. The van der Waals surface area contributed by atoms with E-state index in [4.69, 9.17) is 23.2 Å². The number of halogens is 2. The summed E-state index contributed by atoms with van der Waals surface area (Å²) in [6.07, 6.45) is 4.06. The molecule has 126 valence electrons. The molecular formula is C18H14Cl2N4S. The Balaban J connectivity index is 1.86. The molecule has 0 aliphatic carbocycles. The smallest absolute Gasteiger partial charge is 0.227 e. The third-order valence-electron chi connectivity index (χ3n) is 3.99. The van der Waals surface area contributed by atoms with E-state index < -0.39 is 0 Å². The average molecular weight is 389 g/mol. The molecule has 2 heterocycles. The lowest BCUT2D eigenvalue weighted by Crippen LogP contribution is -2.20. The second-order valence-corrected chi connectivity index (χ2v) is 7.17. The molecule has 7 heteroatoms. The minimum absolute atomic E-state index is 0.162. The largest absolute Gasteiger partial charge is 0.324 e.